The van der Waals surface area contributed by atoms with Gasteiger partial charge in [-0.05, 0) is 69.6 Å². The second-order valence-electron chi connectivity index (χ2n) is 11.4. The number of unbranched alkanes of at least 4 members (excludes halogenated alkanes) is 1. The van der Waals surface area contributed by atoms with Crippen LogP contribution >= 0.6 is 0 Å². The van der Waals surface area contributed by atoms with Crippen LogP contribution in [0.3, 0.4) is 0 Å². The Bertz CT molecular complexity index is 831. The van der Waals surface area contributed by atoms with Crippen LogP contribution in [0.15, 0.2) is 24.3 Å². The highest BCUT2D eigenvalue weighted by Gasteiger charge is 2.42. The maximum atomic E-state index is 11.4. The van der Waals surface area contributed by atoms with E-state index < -0.39 is 6.10 Å². The Hall–Kier alpha value is -1.69. The van der Waals surface area contributed by atoms with Gasteiger partial charge in [0, 0.05) is 44.8 Å². The average molecular weight is 561 g/mol. The van der Waals surface area contributed by atoms with E-state index in [-0.39, 0.29) is 48.5 Å². The zero-order chi connectivity index (χ0) is 28.6. The lowest BCUT2D eigenvalue weighted by Crippen LogP contribution is -2.32. The fraction of sp³-hybridized carbons (Fsp3) is 0.788. The van der Waals surface area contributed by atoms with Crippen molar-refractivity contribution < 1.29 is 33.6 Å². The quantitative estimate of drug-likeness (QED) is 0.119. The van der Waals surface area contributed by atoms with E-state index >= 15 is 0 Å². The minimum Gasteiger partial charge on any atom is -0.469 e. The normalized spacial score (nSPS) is 30.7. The Balaban J connectivity index is 1.72. The van der Waals surface area contributed by atoms with Crippen LogP contribution in [0.4, 0.5) is 0 Å². The molecule has 0 aromatic rings. The van der Waals surface area contributed by atoms with E-state index in [0.29, 0.717) is 12.8 Å². The summed E-state index contributed by atoms with van der Waals surface area (Å²) in [5.74, 6) is 6.57. The summed E-state index contributed by atoms with van der Waals surface area (Å²) in [6, 6.07) is 0. The molecule has 0 amide bonds. The number of ether oxygens (including phenoxy) is 5. The van der Waals surface area contributed by atoms with Gasteiger partial charge in [0.15, 0.2) is 12.6 Å². The van der Waals surface area contributed by atoms with Gasteiger partial charge in [0.05, 0.1) is 25.4 Å². The zero-order valence-electron chi connectivity index (χ0n) is 24.9. The Morgan fingerprint density at radius 2 is 1.82 bits per heavy atom. The minimum absolute atomic E-state index is 0.0310. The van der Waals surface area contributed by atoms with Crippen LogP contribution in [0.5, 0.6) is 0 Å². The predicted octanol–water partition coefficient (Wildman–Crippen LogP) is 6.09. The van der Waals surface area contributed by atoms with Crippen molar-refractivity contribution in [3.05, 3.63) is 24.3 Å². The highest BCUT2D eigenvalue weighted by molar-refractivity contribution is 5.69. The molecule has 40 heavy (non-hydrogen) atoms. The van der Waals surface area contributed by atoms with E-state index in [0.717, 1.165) is 83.8 Å². The van der Waals surface area contributed by atoms with Crippen molar-refractivity contribution in [2.75, 3.05) is 20.3 Å². The largest absolute Gasteiger partial charge is 0.469 e. The molecule has 1 aliphatic carbocycles. The Morgan fingerprint density at radius 3 is 2.50 bits per heavy atom. The van der Waals surface area contributed by atoms with Crippen LogP contribution < -0.4 is 0 Å². The van der Waals surface area contributed by atoms with Crippen LogP contribution in [0.25, 0.3) is 0 Å². The number of methoxy groups -OCH3 is 1. The Morgan fingerprint density at radius 1 is 1.07 bits per heavy atom. The highest BCUT2D eigenvalue weighted by atomic mass is 16.7. The molecule has 1 saturated carbocycles. The van der Waals surface area contributed by atoms with Gasteiger partial charge >= 0.3 is 5.97 Å². The second-order valence-corrected chi connectivity index (χ2v) is 11.4. The lowest BCUT2D eigenvalue weighted by molar-refractivity contribution is -0.193. The van der Waals surface area contributed by atoms with Crippen molar-refractivity contribution in [3.63, 3.8) is 0 Å². The first-order valence-electron chi connectivity index (χ1n) is 15.6. The summed E-state index contributed by atoms with van der Waals surface area (Å²) < 4.78 is 29.5. The van der Waals surface area contributed by atoms with Gasteiger partial charge in [-0.1, -0.05) is 38.2 Å². The van der Waals surface area contributed by atoms with Crippen LogP contribution in [-0.2, 0) is 28.5 Å². The van der Waals surface area contributed by atoms with E-state index in [4.69, 9.17) is 23.7 Å². The zero-order valence-corrected chi connectivity index (χ0v) is 24.9. The summed E-state index contributed by atoms with van der Waals surface area (Å²) in [6.07, 6.45) is 18.6. The van der Waals surface area contributed by atoms with Crippen LogP contribution in [-0.4, -0.2) is 62.3 Å². The maximum absolute atomic E-state index is 11.4. The molecule has 226 valence electrons. The third kappa shape index (κ3) is 11.3. The minimum atomic E-state index is -0.461. The third-order valence-electron chi connectivity index (χ3n) is 8.17. The van der Waals surface area contributed by atoms with Crippen molar-refractivity contribution in [2.24, 2.45) is 17.8 Å². The van der Waals surface area contributed by atoms with Gasteiger partial charge in [-0.2, -0.15) is 0 Å². The number of carbonyl (C=O) groups is 1. The van der Waals surface area contributed by atoms with Crippen LogP contribution in [0.2, 0.25) is 0 Å². The topological polar surface area (TPSA) is 83.5 Å². The molecule has 3 fully saturated rings. The molecule has 0 radical (unpaired) electrons. The molecule has 3 aliphatic rings. The molecule has 3 rings (SSSR count). The molecule has 7 heteroatoms. The van der Waals surface area contributed by atoms with Crippen molar-refractivity contribution >= 4 is 5.97 Å². The molecule has 8 atom stereocenters. The van der Waals surface area contributed by atoms with Crippen LogP contribution in [0.1, 0.15) is 97.3 Å². The third-order valence-corrected chi connectivity index (χ3v) is 8.17. The van der Waals surface area contributed by atoms with Gasteiger partial charge in [0.25, 0.3) is 0 Å². The lowest BCUT2D eigenvalue weighted by atomic mass is 9.88. The number of aliphatic hydroxyl groups is 1. The van der Waals surface area contributed by atoms with E-state index in [1.807, 2.05) is 0 Å². The molecule has 1 N–H and O–H groups in total. The fourth-order valence-corrected chi connectivity index (χ4v) is 5.76. The monoisotopic (exact) mass is 560 g/mol. The summed E-state index contributed by atoms with van der Waals surface area (Å²) >= 11 is 0. The number of rotatable bonds is 14. The number of carbonyl (C=O) groups excluding carboxylic acids is 1. The SMILES string of the molecule is CCC#CCC(C)[C@@H](C=C[C@@H]1[C@@H](CC=CCCCC(=O)OC)[C@@H](O)C[C@H]1OC1CCCCO1)OC1CCCCO1. The summed E-state index contributed by atoms with van der Waals surface area (Å²) in [5.41, 5.74) is 0. The summed E-state index contributed by atoms with van der Waals surface area (Å²) in [4.78, 5) is 11.4. The number of hydrogen-bond acceptors (Lipinski definition) is 7. The lowest BCUT2D eigenvalue weighted by Gasteiger charge is -2.31. The average Bonchev–Trinajstić information content (AvgIpc) is 3.26. The molecule has 3 unspecified atom stereocenters. The molecule has 7 nitrogen and oxygen atoms in total. The van der Waals surface area contributed by atoms with Crippen molar-refractivity contribution in [1.82, 2.24) is 0 Å². The van der Waals surface area contributed by atoms with Gasteiger partial charge in [-0.3, -0.25) is 4.79 Å². The Labute approximate surface area is 242 Å². The van der Waals surface area contributed by atoms with Crippen molar-refractivity contribution in [2.45, 2.75) is 128 Å². The summed E-state index contributed by atoms with van der Waals surface area (Å²) in [7, 11) is 1.42. The fourth-order valence-electron chi connectivity index (χ4n) is 5.76. The number of esters is 1. The van der Waals surface area contributed by atoms with E-state index in [2.05, 4.69) is 50.0 Å². The molecule has 0 aromatic heterocycles. The summed E-state index contributed by atoms with van der Waals surface area (Å²) in [6.45, 7) is 5.72. The standard InChI is InChI=1S/C33H52O7/c1-4-5-8-15-25(2)29(39-32-18-11-13-22-37-32)21-20-27-26(16-9-6-7-10-17-31(35)36-3)28(34)24-30(27)40-33-19-12-14-23-38-33/h6,9,20-21,25-30,32-34H,4,7,10-19,22-24H2,1-3H3/t25?,26-,27-,28+,29-,30-,32?,33?/m1/s1. The first-order chi connectivity index (χ1) is 19.5. The molecule has 2 heterocycles. The molecule has 0 bridgehead atoms. The smallest absolute Gasteiger partial charge is 0.305 e. The maximum Gasteiger partial charge on any atom is 0.305 e. The molecule has 2 aliphatic heterocycles. The van der Waals surface area contributed by atoms with Crippen molar-refractivity contribution in [1.29, 1.82) is 0 Å². The number of aliphatic hydroxyl groups excluding tert-OH is 1. The van der Waals surface area contributed by atoms with Gasteiger partial charge in [0.2, 0.25) is 0 Å². The first-order valence-corrected chi connectivity index (χ1v) is 15.6. The Kier molecular flexibility index (Phi) is 15.3. The second kappa shape index (κ2) is 18.7. The van der Waals surface area contributed by atoms with Gasteiger partial charge in [0.1, 0.15) is 0 Å². The van der Waals surface area contributed by atoms with E-state index in [1.54, 1.807) is 0 Å². The number of allylic oxidation sites excluding steroid dienone is 2. The predicted molar refractivity (Wildman–Crippen MR) is 155 cm³/mol. The van der Waals surface area contributed by atoms with Gasteiger partial charge < -0.3 is 28.8 Å². The number of hydrogen-bond donors (Lipinski definition) is 1. The van der Waals surface area contributed by atoms with E-state index in [1.165, 1.54) is 7.11 Å². The molecule has 0 spiro atoms. The molecular weight excluding hydrogens is 508 g/mol. The molecule has 0 aromatic carbocycles. The highest BCUT2D eigenvalue weighted by Crippen LogP contribution is 2.40. The van der Waals surface area contributed by atoms with Crippen LogP contribution in [0, 0.1) is 29.6 Å². The first kappa shape index (κ1) is 32.8. The molecular formula is C33H52O7. The summed E-state index contributed by atoms with van der Waals surface area (Å²) in [5, 5.41) is 11.1. The van der Waals surface area contributed by atoms with Crippen molar-refractivity contribution in [3.8, 4) is 11.8 Å². The van der Waals surface area contributed by atoms with Gasteiger partial charge in [-0.25, -0.2) is 0 Å². The molecule has 2 saturated heterocycles. The van der Waals surface area contributed by atoms with E-state index in [9.17, 15) is 9.90 Å². The van der Waals surface area contributed by atoms with Gasteiger partial charge in [-0.15, -0.1) is 11.8 Å².